The average Bonchev–Trinajstić information content (AvgIpc) is 3.05. The van der Waals surface area contributed by atoms with Crippen molar-refractivity contribution in [2.75, 3.05) is 0 Å². The average molecular weight is 284 g/mol. The van der Waals surface area contributed by atoms with Gasteiger partial charge in [0.25, 0.3) is 11.8 Å². The van der Waals surface area contributed by atoms with Gasteiger partial charge in [-0.1, -0.05) is 36.4 Å². The minimum Gasteiger partial charge on any atom is -0.412 e. The number of fused-ring (bicyclic) bond motifs is 2. The number of hydrogen-bond acceptors (Lipinski definition) is 2. The van der Waals surface area contributed by atoms with Gasteiger partial charge in [-0.2, -0.15) is 0 Å². The lowest BCUT2D eigenvalue weighted by Gasteiger charge is -1.89. The summed E-state index contributed by atoms with van der Waals surface area (Å²) in [7, 11) is 0. The van der Waals surface area contributed by atoms with E-state index >= 15 is 0 Å². The number of benzene rings is 2. The van der Waals surface area contributed by atoms with E-state index in [2.05, 4.69) is 10.6 Å². The number of amides is 2. The molecule has 0 saturated heterocycles. The van der Waals surface area contributed by atoms with Gasteiger partial charge in [0.15, 0.2) is 0 Å². The fraction of sp³-hybridized carbons (Fsp3) is 0.125. The van der Waals surface area contributed by atoms with Gasteiger partial charge in [-0.25, -0.2) is 0 Å². The minimum absolute atomic E-state index is 0. The summed E-state index contributed by atoms with van der Waals surface area (Å²) in [5, 5.41) is 5.49. The van der Waals surface area contributed by atoms with Gasteiger partial charge in [0.1, 0.15) is 0 Å². The maximum atomic E-state index is 11.0. The van der Waals surface area contributed by atoms with Crippen LogP contribution in [0, 0.1) is 0 Å². The molecule has 2 heterocycles. The van der Waals surface area contributed by atoms with Crippen molar-refractivity contribution in [2.24, 2.45) is 0 Å². The van der Waals surface area contributed by atoms with E-state index in [0.29, 0.717) is 13.1 Å². The molecule has 0 aromatic heterocycles. The van der Waals surface area contributed by atoms with Crippen LogP contribution in [0.15, 0.2) is 48.5 Å². The summed E-state index contributed by atoms with van der Waals surface area (Å²) in [6, 6.07) is 15.3. The van der Waals surface area contributed by atoms with Gasteiger partial charge in [-0.15, -0.1) is 0 Å². The number of hydrogen-bond donors (Lipinski definition) is 2. The van der Waals surface area contributed by atoms with Crippen LogP contribution >= 0.6 is 0 Å². The molecule has 0 bridgehead atoms. The number of nitrogens with one attached hydrogen (secondary N) is 2. The first-order chi connectivity index (χ1) is 9.75. The van der Waals surface area contributed by atoms with Gasteiger partial charge >= 0.3 is 0 Å². The van der Waals surface area contributed by atoms with Crippen LogP contribution < -0.4 is 10.6 Å². The molecule has 0 atom stereocenters. The highest BCUT2D eigenvalue weighted by Gasteiger charge is 2.17. The van der Waals surface area contributed by atoms with Crippen LogP contribution in [0.1, 0.15) is 31.8 Å². The summed E-state index contributed by atoms with van der Waals surface area (Å²) in [6.45, 7) is 1.38. The second-order valence-corrected chi connectivity index (χ2v) is 4.68. The van der Waals surface area contributed by atoms with Gasteiger partial charge in [-0.05, 0) is 23.3 Å². The Labute approximate surface area is 122 Å². The van der Waals surface area contributed by atoms with Crippen molar-refractivity contribution >= 4 is 11.8 Å². The Hall–Kier alpha value is -2.66. The maximum absolute atomic E-state index is 11.0. The highest BCUT2D eigenvalue weighted by molar-refractivity contribution is 5.98. The van der Waals surface area contributed by atoms with Crippen LogP contribution in [0.4, 0.5) is 0 Å². The third-order valence-corrected chi connectivity index (χ3v) is 3.40. The second-order valence-electron chi connectivity index (χ2n) is 4.68. The summed E-state index contributed by atoms with van der Waals surface area (Å²) in [6.07, 6.45) is 0. The Bertz CT molecular complexity index is 623. The van der Waals surface area contributed by atoms with Crippen molar-refractivity contribution in [3.8, 4) is 0 Å². The Kier molecular flexibility index (Phi) is 4.35. The maximum Gasteiger partial charge on any atom is 0.251 e. The zero-order valence-corrected chi connectivity index (χ0v) is 11.3. The monoisotopic (exact) mass is 284 g/mol. The first-order valence-corrected chi connectivity index (χ1v) is 6.48. The Morgan fingerprint density at radius 3 is 1.43 bits per heavy atom. The molecule has 2 aliphatic heterocycles. The number of rotatable bonds is 0. The SMILES string of the molecule is O.O=C1NCc2ccccc21.O=C1NCc2ccccc21. The lowest BCUT2D eigenvalue weighted by molar-refractivity contribution is 0.0957. The van der Waals surface area contributed by atoms with Crippen molar-refractivity contribution in [1.82, 2.24) is 10.6 Å². The Morgan fingerprint density at radius 1 is 0.667 bits per heavy atom. The van der Waals surface area contributed by atoms with E-state index < -0.39 is 0 Å². The predicted molar refractivity (Wildman–Crippen MR) is 78.8 cm³/mol. The van der Waals surface area contributed by atoms with Crippen LogP contribution in [0.25, 0.3) is 0 Å². The highest BCUT2D eigenvalue weighted by Crippen LogP contribution is 2.14. The van der Waals surface area contributed by atoms with Crippen LogP contribution in [-0.4, -0.2) is 17.3 Å². The second kappa shape index (κ2) is 6.19. The van der Waals surface area contributed by atoms with Crippen molar-refractivity contribution in [1.29, 1.82) is 0 Å². The summed E-state index contributed by atoms with van der Waals surface area (Å²) in [5.41, 5.74) is 3.85. The van der Waals surface area contributed by atoms with Gasteiger partial charge in [0.05, 0.1) is 0 Å². The Balaban J connectivity index is 0.000000147. The minimum atomic E-state index is 0. The molecule has 0 unspecified atom stereocenters. The first kappa shape index (κ1) is 14.7. The van der Waals surface area contributed by atoms with Gasteiger partial charge in [0, 0.05) is 24.2 Å². The first-order valence-electron chi connectivity index (χ1n) is 6.48. The lowest BCUT2D eigenvalue weighted by atomic mass is 10.1. The van der Waals surface area contributed by atoms with Gasteiger partial charge in [-0.3, -0.25) is 9.59 Å². The van der Waals surface area contributed by atoms with E-state index in [0.717, 1.165) is 22.3 Å². The van der Waals surface area contributed by atoms with Crippen molar-refractivity contribution < 1.29 is 15.1 Å². The highest BCUT2D eigenvalue weighted by atomic mass is 16.2. The molecule has 2 amide bonds. The smallest absolute Gasteiger partial charge is 0.251 e. The molecule has 0 saturated carbocycles. The molecule has 2 aromatic rings. The molecule has 108 valence electrons. The van der Waals surface area contributed by atoms with E-state index in [1.54, 1.807) is 0 Å². The molecule has 5 nitrogen and oxygen atoms in total. The Morgan fingerprint density at radius 2 is 1.05 bits per heavy atom. The summed E-state index contributed by atoms with van der Waals surface area (Å²) in [5.74, 6) is 0.103. The standard InChI is InChI=1S/2C8H7NO.H2O/c2*10-8-7-4-2-1-3-6(7)5-9-8;/h2*1-4H,5H2,(H,9,10);1H2. The fourth-order valence-corrected chi connectivity index (χ4v) is 2.33. The molecule has 4 N–H and O–H groups in total. The van der Waals surface area contributed by atoms with E-state index in [9.17, 15) is 9.59 Å². The van der Waals surface area contributed by atoms with Crippen LogP contribution in [0.2, 0.25) is 0 Å². The van der Waals surface area contributed by atoms with Crippen molar-refractivity contribution in [2.45, 2.75) is 13.1 Å². The molecular formula is C16H16N2O3. The quantitative estimate of drug-likeness (QED) is 0.756. The summed E-state index contributed by atoms with van der Waals surface area (Å²) < 4.78 is 0. The number of carbonyl (C=O) groups excluding carboxylic acids is 2. The third-order valence-electron chi connectivity index (χ3n) is 3.40. The molecule has 5 heteroatoms. The van der Waals surface area contributed by atoms with Crippen LogP contribution in [-0.2, 0) is 13.1 Å². The fourth-order valence-electron chi connectivity index (χ4n) is 2.33. The molecule has 0 radical (unpaired) electrons. The topological polar surface area (TPSA) is 89.7 Å². The van der Waals surface area contributed by atoms with Gasteiger partial charge < -0.3 is 16.1 Å². The molecule has 0 aliphatic carbocycles. The van der Waals surface area contributed by atoms with E-state index in [4.69, 9.17) is 0 Å². The number of carbonyl (C=O) groups is 2. The molecule has 4 rings (SSSR count). The molecule has 0 spiro atoms. The molecule has 21 heavy (non-hydrogen) atoms. The van der Waals surface area contributed by atoms with E-state index in [-0.39, 0.29) is 17.3 Å². The van der Waals surface area contributed by atoms with E-state index in [1.807, 2.05) is 48.5 Å². The van der Waals surface area contributed by atoms with Crippen molar-refractivity contribution in [3.05, 3.63) is 70.8 Å². The molecule has 0 fully saturated rings. The molecular weight excluding hydrogens is 268 g/mol. The predicted octanol–water partition coefficient (Wildman–Crippen LogP) is 1.04. The zero-order valence-electron chi connectivity index (χ0n) is 11.3. The third kappa shape index (κ3) is 2.93. The largest absolute Gasteiger partial charge is 0.412 e. The zero-order chi connectivity index (χ0) is 13.9. The normalized spacial score (nSPS) is 13.9. The molecule has 2 aliphatic rings. The summed E-state index contributed by atoms with van der Waals surface area (Å²) in [4.78, 5) is 21.9. The molecule has 2 aromatic carbocycles. The van der Waals surface area contributed by atoms with Gasteiger partial charge in [0.2, 0.25) is 0 Å². The van der Waals surface area contributed by atoms with E-state index in [1.165, 1.54) is 0 Å². The lowest BCUT2D eigenvalue weighted by Crippen LogP contribution is -2.12. The summed E-state index contributed by atoms with van der Waals surface area (Å²) >= 11 is 0. The van der Waals surface area contributed by atoms with Crippen molar-refractivity contribution in [3.63, 3.8) is 0 Å². The van der Waals surface area contributed by atoms with Crippen LogP contribution in [0.3, 0.4) is 0 Å². The van der Waals surface area contributed by atoms with Crippen LogP contribution in [0.5, 0.6) is 0 Å².